The van der Waals surface area contributed by atoms with Crippen LogP contribution in [0.1, 0.15) is 69.9 Å². The van der Waals surface area contributed by atoms with E-state index in [-0.39, 0.29) is 30.8 Å². The van der Waals surface area contributed by atoms with Gasteiger partial charge in [-0.2, -0.15) is 0 Å². The Bertz CT molecular complexity index is 1040. The molecule has 0 radical (unpaired) electrons. The molecular formula is C21H31N9O3. The lowest BCUT2D eigenvalue weighted by atomic mass is 9.85. The quantitative estimate of drug-likeness (QED) is 0.629. The zero-order chi connectivity index (χ0) is 23.3. The maximum atomic E-state index is 13.8. The Labute approximate surface area is 191 Å². The van der Waals surface area contributed by atoms with Crippen LogP contribution >= 0.6 is 0 Å². The number of carbonyl (C=O) groups is 2. The number of tetrazole rings is 1. The van der Waals surface area contributed by atoms with E-state index in [4.69, 9.17) is 0 Å². The maximum absolute atomic E-state index is 13.8. The van der Waals surface area contributed by atoms with Crippen molar-refractivity contribution >= 4 is 11.8 Å². The molecule has 2 aliphatic heterocycles. The molecule has 0 aromatic carbocycles. The molecule has 1 aliphatic carbocycles. The Kier molecular flexibility index (Phi) is 5.42. The van der Waals surface area contributed by atoms with Crippen molar-refractivity contribution in [3.63, 3.8) is 0 Å². The minimum absolute atomic E-state index is 0.111. The molecule has 12 nitrogen and oxygen atoms in total. The number of nitrogens with zero attached hydrogens (tertiary/aromatic N) is 8. The number of aliphatic hydroxyl groups excluding tert-OH is 1. The number of carbonyl (C=O) groups excluding carboxylic acids is 2. The van der Waals surface area contributed by atoms with Gasteiger partial charge in [-0.1, -0.05) is 26.0 Å². The molecule has 12 heteroatoms. The summed E-state index contributed by atoms with van der Waals surface area (Å²) >= 11 is 0. The van der Waals surface area contributed by atoms with Gasteiger partial charge in [0.2, 0.25) is 11.8 Å². The highest BCUT2D eigenvalue weighted by Gasteiger charge is 2.46. The van der Waals surface area contributed by atoms with Crippen LogP contribution in [0, 0.1) is 5.41 Å². The van der Waals surface area contributed by atoms with Gasteiger partial charge in [-0.3, -0.25) is 9.59 Å². The average molecular weight is 458 g/mol. The highest BCUT2D eigenvalue weighted by Crippen LogP contribution is 2.40. The topological polar surface area (TPSA) is 144 Å². The van der Waals surface area contributed by atoms with Crippen molar-refractivity contribution in [3.8, 4) is 0 Å². The molecule has 178 valence electrons. The summed E-state index contributed by atoms with van der Waals surface area (Å²) in [6, 6.07) is -1.47. The number of hydrogen-bond donors (Lipinski definition) is 2. The molecule has 1 unspecified atom stereocenters. The van der Waals surface area contributed by atoms with Crippen LogP contribution in [0.4, 0.5) is 0 Å². The van der Waals surface area contributed by atoms with Crippen molar-refractivity contribution in [1.29, 1.82) is 0 Å². The summed E-state index contributed by atoms with van der Waals surface area (Å²) in [5, 5.41) is 33.6. The molecule has 2 aromatic heterocycles. The Morgan fingerprint density at radius 1 is 1.18 bits per heavy atom. The number of β-amino-alcohol motifs (C(OH)–C–C–N with tert-alkyl or cyclic N) is 1. The number of fused-ring (bicyclic) bond motifs is 1. The van der Waals surface area contributed by atoms with E-state index in [9.17, 15) is 14.7 Å². The predicted molar refractivity (Wildman–Crippen MR) is 115 cm³/mol. The van der Waals surface area contributed by atoms with Crippen LogP contribution in [0.25, 0.3) is 0 Å². The second-order valence-electron chi connectivity index (χ2n) is 10.6. The Balaban J connectivity index is 1.33. The number of aryl methyl sites for hydroxylation is 1. The van der Waals surface area contributed by atoms with E-state index < -0.39 is 23.6 Å². The molecule has 1 saturated carbocycles. The fraction of sp³-hybridized carbons (Fsp3) is 0.762. The standard InChI is InChI=1S/C21H31N9O3/c1-21(2,3)18(30-11-15(23-26-30)12-4-5-12)20(33)28-10-14(31)9-16(28)19(32)22-13-6-7-29-17(8-13)24-25-27-29/h11-14,16,18,31H,4-10H2,1-3H3,(H,22,32)/t13?,14-,16+,18-/m1/s1. The largest absolute Gasteiger partial charge is 0.391 e. The molecule has 3 aliphatic rings. The third-order valence-electron chi connectivity index (χ3n) is 6.78. The summed E-state index contributed by atoms with van der Waals surface area (Å²) in [5.74, 6) is 0.684. The van der Waals surface area contributed by atoms with Gasteiger partial charge in [0.1, 0.15) is 12.1 Å². The minimum atomic E-state index is -0.748. The predicted octanol–water partition coefficient (Wildman–Crippen LogP) is -0.178. The highest BCUT2D eigenvalue weighted by atomic mass is 16.3. The van der Waals surface area contributed by atoms with Crippen molar-refractivity contribution < 1.29 is 14.7 Å². The second-order valence-corrected chi connectivity index (χ2v) is 10.6. The van der Waals surface area contributed by atoms with E-state index in [2.05, 4.69) is 31.2 Å². The Morgan fingerprint density at radius 3 is 2.70 bits per heavy atom. The average Bonchev–Trinajstić information content (AvgIpc) is 3.13. The number of nitrogens with one attached hydrogen (secondary N) is 1. The molecule has 2 amide bonds. The van der Waals surface area contributed by atoms with Gasteiger partial charge < -0.3 is 15.3 Å². The summed E-state index contributed by atoms with van der Waals surface area (Å²) in [4.78, 5) is 28.5. The van der Waals surface area contributed by atoms with Crippen LogP contribution in [-0.4, -0.2) is 81.8 Å². The molecular weight excluding hydrogens is 426 g/mol. The van der Waals surface area contributed by atoms with Crippen LogP contribution in [0.3, 0.4) is 0 Å². The van der Waals surface area contributed by atoms with Crippen LogP contribution in [0.5, 0.6) is 0 Å². The van der Waals surface area contributed by atoms with Crippen molar-refractivity contribution in [2.24, 2.45) is 5.41 Å². The number of hydrogen-bond acceptors (Lipinski definition) is 8. The first-order chi connectivity index (χ1) is 15.7. The number of aromatic nitrogens is 7. The van der Waals surface area contributed by atoms with Gasteiger partial charge in [0.05, 0.1) is 11.8 Å². The molecule has 33 heavy (non-hydrogen) atoms. The normalized spacial score (nSPS) is 26.2. The molecule has 4 atom stereocenters. The van der Waals surface area contributed by atoms with Crippen LogP contribution in [0.15, 0.2) is 6.20 Å². The van der Waals surface area contributed by atoms with Crippen LogP contribution < -0.4 is 5.32 Å². The minimum Gasteiger partial charge on any atom is -0.391 e. The van der Waals surface area contributed by atoms with Crippen molar-refractivity contribution in [1.82, 2.24) is 45.4 Å². The first-order valence-corrected chi connectivity index (χ1v) is 11.7. The summed E-state index contributed by atoms with van der Waals surface area (Å²) in [5.41, 5.74) is 0.452. The van der Waals surface area contributed by atoms with Crippen molar-refractivity contribution in [2.45, 2.75) is 89.6 Å². The zero-order valence-corrected chi connectivity index (χ0v) is 19.3. The summed E-state index contributed by atoms with van der Waals surface area (Å²) in [6.45, 7) is 6.67. The molecule has 5 rings (SSSR count). The first kappa shape index (κ1) is 21.9. The molecule has 1 saturated heterocycles. The van der Waals surface area contributed by atoms with Gasteiger partial charge in [-0.25, -0.2) is 9.36 Å². The summed E-state index contributed by atoms with van der Waals surface area (Å²) in [7, 11) is 0. The van der Waals surface area contributed by atoms with Gasteiger partial charge in [0, 0.05) is 44.1 Å². The van der Waals surface area contributed by atoms with Gasteiger partial charge in [-0.05, 0) is 35.1 Å². The van der Waals surface area contributed by atoms with Crippen LogP contribution in [-0.2, 0) is 22.6 Å². The number of likely N-dealkylation sites (tertiary alicyclic amines) is 1. The van der Waals surface area contributed by atoms with Gasteiger partial charge in [-0.15, -0.1) is 10.2 Å². The summed E-state index contributed by atoms with van der Waals surface area (Å²) < 4.78 is 3.37. The van der Waals surface area contributed by atoms with E-state index in [0.29, 0.717) is 25.3 Å². The lowest BCUT2D eigenvalue weighted by Crippen LogP contribution is -2.52. The third-order valence-corrected chi connectivity index (χ3v) is 6.78. The lowest BCUT2D eigenvalue weighted by Gasteiger charge is -2.35. The molecule has 0 spiro atoms. The van der Waals surface area contributed by atoms with E-state index in [1.807, 2.05) is 27.0 Å². The monoisotopic (exact) mass is 457 g/mol. The third kappa shape index (κ3) is 4.35. The van der Waals surface area contributed by atoms with E-state index >= 15 is 0 Å². The van der Waals surface area contributed by atoms with Gasteiger partial charge in [0.25, 0.3) is 0 Å². The molecule has 2 aromatic rings. The number of aliphatic hydroxyl groups is 1. The Morgan fingerprint density at radius 2 is 1.97 bits per heavy atom. The Hall–Kier alpha value is -2.89. The molecule has 0 bridgehead atoms. The van der Waals surface area contributed by atoms with Crippen molar-refractivity contribution in [2.75, 3.05) is 6.54 Å². The number of amides is 2. The SMILES string of the molecule is CC(C)(C)[C@@H](C(=O)N1C[C@H](O)C[C@H]1C(=O)NC1CCn2nnnc2C1)n1cc(C2CC2)nn1. The van der Waals surface area contributed by atoms with Crippen LogP contribution in [0.2, 0.25) is 0 Å². The summed E-state index contributed by atoms with van der Waals surface area (Å²) in [6.07, 6.45) is 4.77. The highest BCUT2D eigenvalue weighted by molar-refractivity contribution is 5.90. The maximum Gasteiger partial charge on any atom is 0.248 e. The molecule has 4 heterocycles. The molecule has 2 N–H and O–H groups in total. The van der Waals surface area contributed by atoms with Crippen molar-refractivity contribution in [3.05, 3.63) is 17.7 Å². The van der Waals surface area contributed by atoms with E-state index in [1.165, 1.54) is 4.90 Å². The lowest BCUT2D eigenvalue weighted by molar-refractivity contribution is -0.144. The smallest absolute Gasteiger partial charge is 0.248 e. The second kappa shape index (κ2) is 8.15. The first-order valence-electron chi connectivity index (χ1n) is 11.7. The zero-order valence-electron chi connectivity index (χ0n) is 19.3. The van der Waals surface area contributed by atoms with E-state index in [1.54, 1.807) is 9.36 Å². The fourth-order valence-electron chi connectivity index (χ4n) is 4.89. The van der Waals surface area contributed by atoms with E-state index in [0.717, 1.165) is 24.4 Å². The molecule has 2 fully saturated rings. The van der Waals surface area contributed by atoms with Gasteiger partial charge >= 0.3 is 0 Å². The fourth-order valence-corrected chi connectivity index (χ4v) is 4.89. The number of rotatable bonds is 5. The van der Waals surface area contributed by atoms with Gasteiger partial charge in [0.15, 0.2) is 5.82 Å².